The molecule has 0 aromatic heterocycles. The van der Waals surface area contributed by atoms with Crippen LogP contribution in [-0.2, 0) is 38.8 Å². The molecule has 0 amide bonds. The SMILES string of the molecule is O=C(COCc1ccccc1)C(OCc1ccccc1)C(OCc1ccccc1)C(CO)COc1ccccc1. The summed E-state index contributed by atoms with van der Waals surface area (Å²) in [7, 11) is 0. The van der Waals surface area contributed by atoms with Gasteiger partial charge >= 0.3 is 0 Å². The van der Waals surface area contributed by atoms with Crippen LogP contribution in [0.5, 0.6) is 5.75 Å². The maximum atomic E-state index is 13.6. The quantitative estimate of drug-likeness (QED) is 0.187. The minimum Gasteiger partial charge on any atom is -0.493 e. The lowest BCUT2D eigenvalue weighted by Gasteiger charge is -2.32. The van der Waals surface area contributed by atoms with Crippen LogP contribution in [0.4, 0.5) is 0 Å². The molecule has 0 saturated heterocycles. The highest BCUT2D eigenvalue weighted by Gasteiger charge is 2.36. The van der Waals surface area contributed by atoms with E-state index in [0.717, 1.165) is 16.7 Å². The van der Waals surface area contributed by atoms with Crippen molar-refractivity contribution in [1.82, 2.24) is 0 Å². The molecule has 0 aliphatic heterocycles. The van der Waals surface area contributed by atoms with E-state index in [1.165, 1.54) is 0 Å². The van der Waals surface area contributed by atoms with Crippen LogP contribution in [0.25, 0.3) is 0 Å². The predicted octanol–water partition coefficient (Wildman–Crippen LogP) is 5.63. The van der Waals surface area contributed by atoms with Gasteiger partial charge in [-0.1, -0.05) is 109 Å². The van der Waals surface area contributed by atoms with Gasteiger partial charge in [-0.2, -0.15) is 0 Å². The Bertz CT molecular complexity index is 1230. The van der Waals surface area contributed by atoms with Crippen LogP contribution in [0.15, 0.2) is 121 Å². The molecule has 4 aromatic carbocycles. The van der Waals surface area contributed by atoms with Crippen LogP contribution in [-0.4, -0.2) is 42.9 Å². The Morgan fingerprint density at radius 3 is 1.62 bits per heavy atom. The maximum absolute atomic E-state index is 13.6. The Labute approximate surface area is 236 Å². The van der Waals surface area contributed by atoms with Crippen molar-refractivity contribution in [1.29, 1.82) is 0 Å². The van der Waals surface area contributed by atoms with Crippen LogP contribution in [0.1, 0.15) is 16.7 Å². The molecule has 0 spiro atoms. The Balaban J connectivity index is 1.53. The molecule has 6 nitrogen and oxygen atoms in total. The number of aliphatic hydroxyl groups excluding tert-OH is 1. The summed E-state index contributed by atoms with van der Waals surface area (Å²) < 4.78 is 24.4. The summed E-state index contributed by atoms with van der Waals surface area (Å²) in [5.74, 6) is -0.132. The van der Waals surface area contributed by atoms with Crippen molar-refractivity contribution in [3.63, 3.8) is 0 Å². The van der Waals surface area contributed by atoms with Gasteiger partial charge in [0.15, 0.2) is 5.78 Å². The first-order valence-corrected chi connectivity index (χ1v) is 13.5. The third-order valence-electron chi connectivity index (χ3n) is 6.44. The summed E-state index contributed by atoms with van der Waals surface area (Å²) >= 11 is 0. The van der Waals surface area contributed by atoms with Gasteiger partial charge in [0.2, 0.25) is 0 Å². The molecule has 0 aliphatic rings. The average Bonchev–Trinajstić information content (AvgIpc) is 3.01. The van der Waals surface area contributed by atoms with Gasteiger partial charge in [0.25, 0.3) is 0 Å². The molecule has 0 fully saturated rings. The molecule has 3 atom stereocenters. The van der Waals surface area contributed by atoms with Crippen molar-refractivity contribution in [3.8, 4) is 5.75 Å². The fraction of sp³-hybridized carbons (Fsp3) is 0.265. The van der Waals surface area contributed by atoms with Crippen molar-refractivity contribution in [2.75, 3.05) is 19.8 Å². The van der Waals surface area contributed by atoms with Crippen LogP contribution in [0.3, 0.4) is 0 Å². The van der Waals surface area contributed by atoms with E-state index in [0.29, 0.717) is 12.4 Å². The third kappa shape index (κ3) is 9.43. The zero-order valence-corrected chi connectivity index (χ0v) is 22.5. The van der Waals surface area contributed by atoms with Crippen LogP contribution < -0.4 is 4.74 Å². The molecule has 6 heteroatoms. The first-order valence-electron chi connectivity index (χ1n) is 13.5. The molecule has 4 aromatic rings. The molecule has 3 unspecified atom stereocenters. The largest absolute Gasteiger partial charge is 0.493 e. The van der Waals surface area contributed by atoms with E-state index in [1.54, 1.807) is 0 Å². The van der Waals surface area contributed by atoms with Crippen molar-refractivity contribution in [2.24, 2.45) is 5.92 Å². The monoisotopic (exact) mass is 540 g/mol. The van der Waals surface area contributed by atoms with E-state index in [2.05, 4.69) is 0 Å². The van der Waals surface area contributed by atoms with Crippen LogP contribution >= 0.6 is 0 Å². The molecule has 0 bridgehead atoms. The number of carbonyl (C=O) groups is 1. The van der Waals surface area contributed by atoms with Crippen molar-refractivity contribution in [3.05, 3.63) is 138 Å². The normalized spacial score (nSPS) is 13.3. The van der Waals surface area contributed by atoms with E-state index >= 15 is 0 Å². The molecule has 0 saturated carbocycles. The van der Waals surface area contributed by atoms with Crippen LogP contribution in [0, 0.1) is 5.92 Å². The molecule has 40 heavy (non-hydrogen) atoms. The van der Waals surface area contributed by atoms with Crippen molar-refractivity contribution < 1.29 is 28.8 Å². The second kappa shape index (κ2) is 16.3. The van der Waals surface area contributed by atoms with Gasteiger partial charge < -0.3 is 24.1 Å². The number of hydrogen-bond donors (Lipinski definition) is 1. The Morgan fingerprint density at radius 2 is 1.10 bits per heavy atom. The number of aliphatic hydroxyl groups is 1. The highest BCUT2D eigenvalue weighted by atomic mass is 16.5. The van der Waals surface area contributed by atoms with Gasteiger partial charge in [0.05, 0.1) is 39.1 Å². The van der Waals surface area contributed by atoms with Gasteiger partial charge in [-0.3, -0.25) is 4.79 Å². The molecule has 0 radical (unpaired) electrons. The Kier molecular flexibility index (Phi) is 11.9. The van der Waals surface area contributed by atoms with Gasteiger partial charge in [0, 0.05) is 5.92 Å². The summed E-state index contributed by atoms with van der Waals surface area (Å²) in [6, 6.07) is 38.4. The van der Waals surface area contributed by atoms with Gasteiger partial charge in [0.1, 0.15) is 18.5 Å². The lowest BCUT2D eigenvalue weighted by atomic mass is 9.96. The fourth-order valence-electron chi connectivity index (χ4n) is 4.27. The Morgan fingerprint density at radius 1 is 0.625 bits per heavy atom. The first-order chi connectivity index (χ1) is 19.7. The van der Waals surface area contributed by atoms with E-state index in [1.807, 2.05) is 121 Å². The van der Waals surface area contributed by atoms with Crippen molar-refractivity contribution in [2.45, 2.75) is 32.0 Å². The van der Waals surface area contributed by atoms with E-state index in [9.17, 15) is 9.90 Å². The van der Waals surface area contributed by atoms with Gasteiger partial charge in [-0.25, -0.2) is 0 Å². The lowest BCUT2D eigenvalue weighted by molar-refractivity contribution is -0.159. The number of benzene rings is 4. The molecule has 0 aliphatic carbocycles. The van der Waals surface area contributed by atoms with Crippen LogP contribution in [0.2, 0.25) is 0 Å². The topological polar surface area (TPSA) is 74.2 Å². The summed E-state index contributed by atoms with van der Waals surface area (Å²) in [6.07, 6.45) is -1.78. The summed E-state index contributed by atoms with van der Waals surface area (Å²) in [4.78, 5) is 13.6. The zero-order valence-electron chi connectivity index (χ0n) is 22.5. The van der Waals surface area contributed by atoms with Gasteiger partial charge in [-0.15, -0.1) is 0 Å². The van der Waals surface area contributed by atoms with E-state index in [4.69, 9.17) is 18.9 Å². The number of hydrogen-bond acceptors (Lipinski definition) is 6. The standard InChI is InChI=1S/C34H36O6/c35-21-30(25-38-31-19-11-4-12-20-31)33(39-23-28-15-7-2-8-16-28)34(40-24-29-17-9-3-10-18-29)32(36)26-37-22-27-13-5-1-6-14-27/h1-20,30,33-35H,21-26H2. The minimum absolute atomic E-state index is 0.142. The summed E-state index contributed by atoms with van der Waals surface area (Å²) in [5, 5.41) is 10.5. The number of ketones is 1. The number of rotatable bonds is 17. The lowest BCUT2D eigenvalue weighted by Crippen LogP contribution is -2.47. The second-order valence-corrected chi connectivity index (χ2v) is 9.49. The smallest absolute Gasteiger partial charge is 0.189 e. The molecule has 208 valence electrons. The van der Waals surface area contributed by atoms with E-state index < -0.39 is 18.1 Å². The molecule has 4 rings (SSSR count). The number of Topliss-reactive ketones (excluding diaryl/α,β-unsaturated/α-hetero) is 1. The third-order valence-corrected chi connectivity index (χ3v) is 6.44. The minimum atomic E-state index is -0.990. The number of carbonyl (C=O) groups excluding carboxylic acids is 1. The van der Waals surface area contributed by atoms with Gasteiger partial charge in [-0.05, 0) is 28.8 Å². The zero-order chi connectivity index (χ0) is 27.8. The maximum Gasteiger partial charge on any atom is 0.189 e. The second-order valence-electron chi connectivity index (χ2n) is 9.49. The fourth-order valence-corrected chi connectivity index (χ4v) is 4.27. The van der Waals surface area contributed by atoms with Crippen molar-refractivity contribution >= 4 is 5.78 Å². The molecule has 1 N–H and O–H groups in total. The summed E-state index contributed by atoms with van der Waals surface area (Å²) in [6.45, 7) is 0.486. The number of ether oxygens (including phenoxy) is 4. The first kappa shape index (κ1) is 29.2. The molecular weight excluding hydrogens is 504 g/mol. The molecule has 0 heterocycles. The highest BCUT2D eigenvalue weighted by Crippen LogP contribution is 2.22. The average molecular weight is 541 g/mol. The molecular formula is C34H36O6. The Hall–Kier alpha value is -3.81. The summed E-state index contributed by atoms with van der Waals surface area (Å²) in [5.41, 5.74) is 2.84. The number of para-hydroxylation sites is 1. The highest BCUT2D eigenvalue weighted by molar-refractivity contribution is 5.85. The van der Waals surface area contributed by atoms with E-state index in [-0.39, 0.29) is 38.8 Å². The predicted molar refractivity (Wildman–Crippen MR) is 154 cm³/mol.